The summed E-state index contributed by atoms with van der Waals surface area (Å²) in [5.41, 5.74) is 1.46. The van der Waals surface area contributed by atoms with Crippen LogP contribution in [-0.2, 0) is 0 Å². The summed E-state index contributed by atoms with van der Waals surface area (Å²) in [7, 11) is 0. The molecule has 4 rings (SSSR count). The summed E-state index contributed by atoms with van der Waals surface area (Å²) < 4.78 is 6.78. The van der Waals surface area contributed by atoms with E-state index in [0.717, 1.165) is 21.1 Å². The summed E-state index contributed by atoms with van der Waals surface area (Å²) in [6, 6.07) is 17.4. The van der Waals surface area contributed by atoms with Crippen LogP contribution >= 0.6 is 11.3 Å². The van der Waals surface area contributed by atoms with Crippen molar-refractivity contribution in [2.24, 2.45) is 0 Å². The number of benzene rings is 2. The van der Waals surface area contributed by atoms with Gasteiger partial charge in [0.15, 0.2) is 5.76 Å². The predicted molar refractivity (Wildman–Crippen MR) is 81.5 cm³/mol. The zero-order valence-electron chi connectivity index (χ0n) is 10.5. The highest BCUT2D eigenvalue weighted by Crippen LogP contribution is 2.29. The summed E-state index contributed by atoms with van der Waals surface area (Å²) in [5.74, 6) is 0.341. The molecule has 3 heteroatoms. The van der Waals surface area contributed by atoms with Crippen molar-refractivity contribution in [2.45, 2.75) is 0 Å². The molecule has 20 heavy (non-hydrogen) atoms. The van der Waals surface area contributed by atoms with Gasteiger partial charge in [-0.3, -0.25) is 4.79 Å². The smallest absolute Gasteiger partial charge is 0.229 e. The van der Waals surface area contributed by atoms with Gasteiger partial charge < -0.3 is 4.42 Å². The van der Waals surface area contributed by atoms with Crippen LogP contribution in [-0.4, -0.2) is 5.78 Å². The van der Waals surface area contributed by atoms with Crippen molar-refractivity contribution in [2.75, 3.05) is 0 Å². The molecule has 0 fully saturated rings. The summed E-state index contributed by atoms with van der Waals surface area (Å²) in [5, 5.41) is 3.85. The lowest BCUT2D eigenvalue weighted by molar-refractivity contribution is 0.101. The van der Waals surface area contributed by atoms with Gasteiger partial charge in [-0.1, -0.05) is 36.4 Å². The van der Waals surface area contributed by atoms with Crippen molar-refractivity contribution in [1.82, 2.24) is 0 Å². The molecule has 4 aromatic rings. The Kier molecular flexibility index (Phi) is 2.47. The van der Waals surface area contributed by atoms with Gasteiger partial charge in [0.25, 0.3) is 0 Å². The number of carbonyl (C=O) groups is 1. The van der Waals surface area contributed by atoms with Gasteiger partial charge >= 0.3 is 0 Å². The van der Waals surface area contributed by atoms with Gasteiger partial charge in [-0.15, -0.1) is 11.3 Å². The molecular weight excluding hydrogens is 268 g/mol. The maximum Gasteiger partial charge on any atom is 0.229 e. The van der Waals surface area contributed by atoms with Crippen molar-refractivity contribution < 1.29 is 9.21 Å². The molecule has 0 amide bonds. The normalized spacial score (nSPS) is 11.2. The number of para-hydroxylation sites is 1. The molecule has 0 atom stereocenters. The second-order valence-electron chi connectivity index (χ2n) is 4.62. The van der Waals surface area contributed by atoms with E-state index >= 15 is 0 Å². The number of thiophene rings is 1. The molecule has 0 aliphatic carbocycles. The summed E-state index contributed by atoms with van der Waals surface area (Å²) in [6.07, 6.45) is 0. The average Bonchev–Trinajstić information content (AvgIpc) is 3.10. The van der Waals surface area contributed by atoms with Crippen LogP contribution < -0.4 is 0 Å². The van der Waals surface area contributed by atoms with Gasteiger partial charge in [0.1, 0.15) is 5.58 Å². The van der Waals surface area contributed by atoms with Gasteiger partial charge in [-0.2, -0.15) is 0 Å². The molecule has 0 saturated carbocycles. The third-order valence-electron chi connectivity index (χ3n) is 3.37. The number of hydrogen-bond donors (Lipinski definition) is 0. The predicted octanol–water partition coefficient (Wildman–Crippen LogP) is 4.88. The Labute approximate surface area is 119 Å². The number of hydrogen-bond acceptors (Lipinski definition) is 3. The summed E-state index contributed by atoms with van der Waals surface area (Å²) in [4.78, 5) is 12.6. The van der Waals surface area contributed by atoms with Crippen molar-refractivity contribution in [1.29, 1.82) is 0 Å². The molecule has 0 aliphatic heterocycles. The fourth-order valence-corrected chi connectivity index (χ4v) is 3.32. The molecular formula is C17H10O2S. The van der Waals surface area contributed by atoms with E-state index in [9.17, 15) is 4.79 Å². The minimum absolute atomic E-state index is 0.0568. The fourth-order valence-electron chi connectivity index (χ4n) is 2.38. The van der Waals surface area contributed by atoms with Crippen LogP contribution in [0.25, 0.3) is 21.1 Å². The Hall–Kier alpha value is -2.39. The summed E-state index contributed by atoms with van der Waals surface area (Å²) >= 11 is 1.58. The van der Waals surface area contributed by atoms with E-state index in [-0.39, 0.29) is 5.78 Å². The van der Waals surface area contributed by atoms with Crippen LogP contribution in [0.3, 0.4) is 0 Å². The highest BCUT2D eigenvalue weighted by molar-refractivity contribution is 7.17. The third-order valence-corrected chi connectivity index (χ3v) is 4.34. The van der Waals surface area contributed by atoms with Gasteiger partial charge in [0.2, 0.25) is 5.78 Å². The minimum Gasteiger partial charge on any atom is -0.453 e. The maximum absolute atomic E-state index is 12.6. The second kappa shape index (κ2) is 4.32. The molecule has 0 radical (unpaired) electrons. The Balaban J connectivity index is 1.87. The Morgan fingerprint density at radius 1 is 1.00 bits per heavy atom. The first-order valence-electron chi connectivity index (χ1n) is 6.32. The van der Waals surface area contributed by atoms with E-state index in [1.807, 2.05) is 60.0 Å². The van der Waals surface area contributed by atoms with E-state index in [1.165, 1.54) is 0 Å². The zero-order valence-corrected chi connectivity index (χ0v) is 11.3. The van der Waals surface area contributed by atoms with Gasteiger partial charge in [0, 0.05) is 26.4 Å². The van der Waals surface area contributed by atoms with Gasteiger partial charge in [-0.25, -0.2) is 0 Å². The number of ketones is 1. The molecule has 2 aromatic heterocycles. The third kappa shape index (κ3) is 1.67. The first-order chi connectivity index (χ1) is 9.83. The molecule has 0 N–H and O–H groups in total. The topological polar surface area (TPSA) is 30.2 Å². The fraction of sp³-hybridized carbons (Fsp3) is 0. The van der Waals surface area contributed by atoms with Crippen LogP contribution in [0, 0.1) is 0 Å². The van der Waals surface area contributed by atoms with Crippen molar-refractivity contribution in [3.05, 3.63) is 71.3 Å². The van der Waals surface area contributed by atoms with E-state index in [0.29, 0.717) is 11.3 Å². The van der Waals surface area contributed by atoms with Crippen LogP contribution in [0.2, 0.25) is 0 Å². The first-order valence-corrected chi connectivity index (χ1v) is 7.20. The highest BCUT2D eigenvalue weighted by atomic mass is 32.1. The first kappa shape index (κ1) is 11.4. The minimum atomic E-state index is -0.0568. The lowest BCUT2D eigenvalue weighted by Gasteiger charge is -1.95. The lowest BCUT2D eigenvalue weighted by Crippen LogP contribution is -1.97. The van der Waals surface area contributed by atoms with Crippen LogP contribution in [0.1, 0.15) is 16.1 Å². The second-order valence-corrected chi connectivity index (χ2v) is 5.53. The SMILES string of the molecule is O=C(c1cc2ccccc2o1)c1csc2ccccc12. The molecule has 0 unspecified atom stereocenters. The van der Waals surface area contributed by atoms with Crippen LogP contribution in [0.15, 0.2) is 64.4 Å². The van der Waals surface area contributed by atoms with E-state index < -0.39 is 0 Å². The average molecular weight is 278 g/mol. The monoisotopic (exact) mass is 278 g/mol. The molecule has 0 aliphatic rings. The van der Waals surface area contributed by atoms with E-state index in [4.69, 9.17) is 4.42 Å². The maximum atomic E-state index is 12.6. The standard InChI is InChI=1S/C17H10O2S/c18-17(13-10-20-16-8-4-2-6-12(13)16)15-9-11-5-1-3-7-14(11)19-15/h1-10H. The van der Waals surface area contributed by atoms with Crippen LogP contribution in [0.4, 0.5) is 0 Å². The quantitative estimate of drug-likeness (QED) is 0.489. The molecule has 0 bridgehead atoms. The molecule has 2 nitrogen and oxygen atoms in total. The molecule has 2 heterocycles. The lowest BCUT2D eigenvalue weighted by atomic mass is 10.1. The van der Waals surface area contributed by atoms with Crippen molar-refractivity contribution in [3.63, 3.8) is 0 Å². The van der Waals surface area contributed by atoms with E-state index in [2.05, 4.69) is 0 Å². The largest absolute Gasteiger partial charge is 0.453 e. The van der Waals surface area contributed by atoms with Gasteiger partial charge in [0.05, 0.1) is 0 Å². The molecule has 96 valence electrons. The summed E-state index contributed by atoms with van der Waals surface area (Å²) in [6.45, 7) is 0. The Bertz CT molecular complexity index is 897. The van der Waals surface area contributed by atoms with Crippen molar-refractivity contribution >= 4 is 38.2 Å². The van der Waals surface area contributed by atoms with Crippen LogP contribution in [0.5, 0.6) is 0 Å². The molecule has 2 aromatic carbocycles. The van der Waals surface area contributed by atoms with E-state index in [1.54, 1.807) is 11.3 Å². The highest BCUT2D eigenvalue weighted by Gasteiger charge is 2.17. The number of fused-ring (bicyclic) bond motifs is 2. The Morgan fingerprint density at radius 2 is 1.80 bits per heavy atom. The molecule has 0 saturated heterocycles. The van der Waals surface area contributed by atoms with Crippen molar-refractivity contribution in [3.8, 4) is 0 Å². The number of furan rings is 1. The molecule has 0 spiro atoms. The Morgan fingerprint density at radius 3 is 2.70 bits per heavy atom. The number of rotatable bonds is 2. The number of carbonyl (C=O) groups excluding carboxylic acids is 1. The van der Waals surface area contributed by atoms with Gasteiger partial charge in [-0.05, 0) is 18.2 Å². The zero-order chi connectivity index (χ0) is 13.5.